The van der Waals surface area contributed by atoms with Crippen LogP contribution >= 0.6 is 0 Å². The maximum absolute atomic E-state index is 8.93. The van der Waals surface area contributed by atoms with Crippen molar-refractivity contribution in [3.8, 4) is 0 Å². The molecule has 1 aliphatic heterocycles. The van der Waals surface area contributed by atoms with Gasteiger partial charge in [0.15, 0.2) is 5.84 Å². The molecule has 0 bridgehead atoms. The lowest BCUT2D eigenvalue weighted by Crippen LogP contribution is -2.46. The van der Waals surface area contributed by atoms with Gasteiger partial charge in [-0.25, -0.2) is 0 Å². The molecule has 5 heteroatoms. The molecule has 1 heterocycles. The van der Waals surface area contributed by atoms with E-state index in [1.54, 1.807) is 0 Å². The van der Waals surface area contributed by atoms with Crippen molar-refractivity contribution >= 4 is 11.5 Å². The van der Waals surface area contributed by atoms with Crippen molar-refractivity contribution in [3.63, 3.8) is 0 Å². The van der Waals surface area contributed by atoms with Gasteiger partial charge in [0.25, 0.3) is 0 Å². The van der Waals surface area contributed by atoms with Crippen LogP contribution in [0.2, 0.25) is 0 Å². The quantitative estimate of drug-likeness (QED) is 0.369. The molecule has 0 aliphatic carbocycles. The Morgan fingerprint density at radius 1 is 1.37 bits per heavy atom. The van der Waals surface area contributed by atoms with Crippen molar-refractivity contribution in [1.82, 2.24) is 0 Å². The van der Waals surface area contributed by atoms with Crippen molar-refractivity contribution in [2.75, 3.05) is 18.0 Å². The van der Waals surface area contributed by atoms with Crippen LogP contribution in [-0.2, 0) is 4.74 Å². The molecule has 2 atom stereocenters. The zero-order chi connectivity index (χ0) is 14.0. The standard InChI is InChI=1S/C14H21N3O2/c1-9-4-5-13(12(6-9)14(15)16-18)17-7-10(2)19-11(3)8-17/h4-6,10-11,18H,7-8H2,1-3H3,(H2,15,16)/t10-,11+. The molecule has 3 N–H and O–H groups in total. The summed E-state index contributed by atoms with van der Waals surface area (Å²) in [7, 11) is 0. The summed E-state index contributed by atoms with van der Waals surface area (Å²) in [5.74, 6) is 0.144. The lowest BCUT2D eigenvalue weighted by atomic mass is 10.1. The van der Waals surface area contributed by atoms with E-state index in [0.29, 0.717) is 0 Å². The van der Waals surface area contributed by atoms with E-state index in [0.717, 1.165) is 29.9 Å². The molecule has 0 aromatic heterocycles. The third kappa shape index (κ3) is 2.98. The van der Waals surface area contributed by atoms with Crippen LogP contribution < -0.4 is 10.6 Å². The smallest absolute Gasteiger partial charge is 0.172 e. The first-order chi connectivity index (χ1) is 9.01. The highest BCUT2D eigenvalue weighted by Gasteiger charge is 2.24. The fourth-order valence-corrected chi connectivity index (χ4v) is 2.56. The van der Waals surface area contributed by atoms with Crippen molar-refractivity contribution in [2.24, 2.45) is 10.9 Å². The van der Waals surface area contributed by atoms with E-state index in [9.17, 15) is 0 Å². The van der Waals surface area contributed by atoms with Gasteiger partial charge in [0, 0.05) is 24.3 Å². The number of rotatable bonds is 2. The van der Waals surface area contributed by atoms with Crippen molar-refractivity contribution in [3.05, 3.63) is 29.3 Å². The Morgan fingerprint density at radius 3 is 2.58 bits per heavy atom. The average Bonchev–Trinajstić information content (AvgIpc) is 2.36. The molecule has 19 heavy (non-hydrogen) atoms. The first-order valence-corrected chi connectivity index (χ1v) is 6.50. The molecule has 0 amide bonds. The predicted molar refractivity (Wildman–Crippen MR) is 75.9 cm³/mol. The van der Waals surface area contributed by atoms with Gasteiger partial charge < -0.3 is 20.6 Å². The predicted octanol–water partition coefficient (Wildman–Crippen LogP) is 1.70. The third-order valence-corrected chi connectivity index (χ3v) is 3.30. The van der Waals surface area contributed by atoms with E-state index in [-0.39, 0.29) is 18.0 Å². The van der Waals surface area contributed by atoms with Crippen LogP contribution in [0.4, 0.5) is 5.69 Å². The minimum absolute atomic E-state index is 0.144. The molecule has 1 saturated heterocycles. The van der Waals surface area contributed by atoms with Gasteiger partial charge in [-0.2, -0.15) is 0 Å². The first kappa shape index (κ1) is 13.7. The van der Waals surface area contributed by atoms with E-state index in [1.165, 1.54) is 0 Å². The highest BCUT2D eigenvalue weighted by Crippen LogP contribution is 2.25. The second kappa shape index (κ2) is 5.48. The van der Waals surface area contributed by atoms with E-state index < -0.39 is 0 Å². The normalized spacial score (nSPS) is 24.6. The highest BCUT2D eigenvalue weighted by molar-refractivity contribution is 6.02. The van der Waals surface area contributed by atoms with Gasteiger partial charge in [-0.1, -0.05) is 16.8 Å². The Labute approximate surface area is 113 Å². The van der Waals surface area contributed by atoms with Crippen LogP contribution in [0.25, 0.3) is 0 Å². The number of nitrogens with two attached hydrogens (primary N) is 1. The topological polar surface area (TPSA) is 71.1 Å². The Kier molecular flexibility index (Phi) is 3.95. The van der Waals surface area contributed by atoms with E-state index in [4.69, 9.17) is 15.7 Å². The Morgan fingerprint density at radius 2 is 2.00 bits per heavy atom. The Bertz CT molecular complexity index is 478. The van der Waals surface area contributed by atoms with Crippen LogP contribution in [0.15, 0.2) is 23.4 Å². The summed E-state index contributed by atoms with van der Waals surface area (Å²) in [6.45, 7) is 7.71. The zero-order valence-corrected chi connectivity index (χ0v) is 11.6. The summed E-state index contributed by atoms with van der Waals surface area (Å²) in [4.78, 5) is 2.23. The molecular formula is C14H21N3O2. The number of aryl methyl sites for hydroxylation is 1. The summed E-state index contributed by atoms with van der Waals surface area (Å²) < 4.78 is 5.74. The van der Waals surface area contributed by atoms with Crippen LogP contribution in [-0.4, -0.2) is 36.3 Å². The van der Waals surface area contributed by atoms with Gasteiger partial charge in [0.2, 0.25) is 0 Å². The van der Waals surface area contributed by atoms with Gasteiger partial charge in [-0.3, -0.25) is 0 Å². The van der Waals surface area contributed by atoms with E-state index in [2.05, 4.69) is 23.9 Å². The van der Waals surface area contributed by atoms with Gasteiger partial charge in [-0.05, 0) is 32.9 Å². The molecule has 1 fully saturated rings. The molecule has 0 unspecified atom stereocenters. The molecular weight excluding hydrogens is 242 g/mol. The maximum atomic E-state index is 8.93. The third-order valence-electron chi connectivity index (χ3n) is 3.30. The van der Waals surface area contributed by atoms with Crippen LogP contribution in [0.1, 0.15) is 25.0 Å². The number of hydrogen-bond donors (Lipinski definition) is 2. The van der Waals surface area contributed by atoms with Gasteiger partial charge in [0.05, 0.1) is 12.2 Å². The number of amidine groups is 1. The van der Waals surface area contributed by atoms with Gasteiger partial charge in [-0.15, -0.1) is 0 Å². The molecule has 1 aliphatic rings. The number of oxime groups is 1. The van der Waals surface area contributed by atoms with Crippen molar-refractivity contribution in [1.29, 1.82) is 0 Å². The number of benzene rings is 1. The number of nitrogens with zero attached hydrogens (tertiary/aromatic N) is 2. The van der Waals surface area contributed by atoms with Gasteiger partial charge in [0.1, 0.15) is 0 Å². The first-order valence-electron chi connectivity index (χ1n) is 6.50. The summed E-state index contributed by atoms with van der Waals surface area (Å²) in [5.41, 5.74) is 8.62. The average molecular weight is 263 g/mol. The molecule has 1 aromatic rings. The molecule has 104 valence electrons. The summed E-state index contributed by atoms with van der Waals surface area (Å²) in [6, 6.07) is 6.00. The number of hydrogen-bond acceptors (Lipinski definition) is 4. The van der Waals surface area contributed by atoms with Crippen molar-refractivity contribution in [2.45, 2.75) is 33.0 Å². The van der Waals surface area contributed by atoms with E-state index >= 15 is 0 Å². The van der Waals surface area contributed by atoms with Gasteiger partial charge >= 0.3 is 0 Å². The molecule has 0 saturated carbocycles. The van der Waals surface area contributed by atoms with Crippen LogP contribution in [0.5, 0.6) is 0 Å². The van der Waals surface area contributed by atoms with Crippen LogP contribution in [0.3, 0.4) is 0 Å². The second-order valence-corrected chi connectivity index (χ2v) is 5.17. The fraction of sp³-hybridized carbons (Fsp3) is 0.500. The fourth-order valence-electron chi connectivity index (χ4n) is 2.56. The Hall–Kier alpha value is -1.75. The largest absolute Gasteiger partial charge is 0.409 e. The molecule has 0 radical (unpaired) electrons. The molecule has 5 nitrogen and oxygen atoms in total. The number of ether oxygens (including phenoxy) is 1. The molecule has 1 aromatic carbocycles. The zero-order valence-electron chi connectivity index (χ0n) is 11.6. The number of anilines is 1. The summed E-state index contributed by atoms with van der Waals surface area (Å²) in [6.07, 6.45) is 0.343. The SMILES string of the molecule is Cc1ccc(N2C[C@@H](C)O[C@@H](C)C2)c(/C(N)=N/O)c1. The van der Waals surface area contributed by atoms with Crippen molar-refractivity contribution < 1.29 is 9.94 Å². The summed E-state index contributed by atoms with van der Waals surface area (Å²) >= 11 is 0. The monoisotopic (exact) mass is 263 g/mol. The molecule has 0 spiro atoms. The maximum Gasteiger partial charge on any atom is 0.172 e. The Balaban J connectivity index is 2.38. The minimum atomic E-state index is 0.144. The number of morpholine rings is 1. The second-order valence-electron chi connectivity index (χ2n) is 5.17. The highest BCUT2D eigenvalue weighted by atomic mass is 16.5. The lowest BCUT2D eigenvalue weighted by Gasteiger charge is -2.37. The lowest BCUT2D eigenvalue weighted by molar-refractivity contribution is -0.00522. The minimum Gasteiger partial charge on any atom is -0.409 e. The van der Waals surface area contributed by atoms with E-state index in [1.807, 2.05) is 25.1 Å². The van der Waals surface area contributed by atoms with Crippen LogP contribution in [0, 0.1) is 6.92 Å². The summed E-state index contributed by atoms with van der Waals surface area (Å²) in [5, 5.41) is 12.1. The molecule has 2 rings (SSSR count).